The van der Waals surface area contributed by atoms with Crippen LogP contribution in [0.2, 0.25) is 0 Å². The fourth-order valence-electron chi connectivity index (χ4n) is 2.91. The molecule has 1 amide bonds. The second-order valence-electron chi connectivity index (χ2n) is 6.09. The molecule has 138 valence electrons. The molecule has 0 bridgehead atoms. The van der Waals surface area contributed by atoms with Gasteiger partial charge in [-0.15, -0.1) is 0 Å². The van der Waals surface area contributed by atoms with Crippen molar-refractivity contribution in [1.82, 2.24) is 5.32 Å². The van der Waals surface area contributed by atoms with Gasteiger partial charge in [0.2, 0.25) is 5.91 Å². The number of nitrogens with zero attached hydrogens (tertiary/aromatic N) is 1. The minimum absolute atomic E-state index is 0.0788. The highest BCUT2D eigenvalue weighted by Crippen LogP contribution is 2.49. The molecule has 1 aliphatic rings. The Kier molecular flexibility index (Phi) is 5.46. The number of fused-ring (bicyclic) bond motifs is 2. The zero-order chi connectivity index (χ0) is 18.7. The summed E-state index contributed by atoms with van der Waals surface area (Å²) in [7, 11) is 0. The zero-order valence-corrected chi connectivity index (χ0v) is 15.1. The molecule has 0 atom stereocenters. The van der Waals surface area contributed by atoms with Gasteiger partial charge in [-0.25, -0.2) is 0 Å². The normalized spacial score (nSPS) is 13.2. The number of para-hydroxylation sites is 1. The van der Waals surface area contributed by atoms with Crippen LogP contribution in [-0.4, -0.2) is 19.0 Å². The van der Waals surface area contributed by atoms with Crippen molar-refractivity contribution in [2.24, 2.45) is 0 Å². The molecule has 1 heterocycles. The van der Waals surface area contributed by atoms with Gasteiger partial charge in [0.1, 0.15) is 0 Å². The van der Waals surface area contributed by atoms with Crippen LogP contribution in [0, 0.1) is 0 Å². The quantitative estimate of drug-likeness (QED) is 0.722. The molecule has 3 rings (SSSR count). The molecule has 3 nitrogen and oxygen atoms in total. The lowest BCUT2D eigenvalue weighted by atomic mass is 10.1. The first kappa shape index (κ1) is 18.6. The van der Waals surface area contributed by atoms with Crippen LogP contribution in [0.5, 0.6) is 0 Å². The summed E-state index contributed by atoms with van der Waals surface area (Å²) in [6.07, 6.45) is -2.84. The van der Waals surface area contributed by atoms with Gasteiger partial charge in [0, 0.05) is 29.8 Å². The third kappa shape index (κ3) is 4.15. The zero-order valence-electron chi connectivity index (χ0n) is 14.3. The molecule has 0 aliphatic carbocycles. The third-order valence-corrected chi connectivity index (χ3v) is 5.27. The topological polar surface area (TPSA) is 32.3 Å². The predicted octanol–water partition coefficient (Wildman–Crippen LogP) is 5.22. The Hall–Kier alpha value is -2.15. The molecule has 0 saturated carbocycles. The molecular weight excluding hydrogens is 361 g/mol. The minimum atomic E-state index is -4.37. The van der Waals surface area contributed by atoms with E-state index in [2.05, 4.69) is 5.32 Å². The number of hydrogen-bond acceptors (Lipinski definition) is 3. The summed E-state index contributed by atoms with van der Waals surface area (Å²) >= 11 is 1.49. The van der Waals surface area contributed by atoms with Gasteiger partial charge in [-0.2, -0.15) is 13.2 Å². The molecule has 2 aromatic rings. The average Bonchev–Trinajstić information content (AvgIpc) is 2.59. The lowest BCUT2D eigenvalue weighted by Crippen LogP contribution is -2.25. The Morgan fingerprint density at radius 3 is 2.54 bits per heavy atom. The monoisotopic (exact) mass is 380 g/mol. The standard InChI is InChI=1S/C19H19F3N2OS/c1-13(25)23-10-4-5-11-24-15-6-2-3-7-17(15)26-18-9-8-14(12-16(18)24)19(20,21)22/h2-3,6-9,12H,4-5,10-11H2,1H3,(H,23,25). The fourth-order valence-corrected chi connectivity index (χ4v) is 3.98. The predicted molar refractivity (Wildman–Crippen MR) is 96.9 cm³/mol. The number of hydrogen-bond donors (Lipinski definition) is 1. The van der Waals surface area contributed by atoms with Crippen LogP contribution >= 0.6 is 11.8 Å². The molecule has 1 aliphatic heterocycles. The number of rotatable bonds is 5. The van der Waals surface area contributed by atoms with Gasteiger partial charge < -0.3 is 10.2 Å². The van der Waals surface area contributed by atoms with Crippen molar-refractivity contribution in [3.63, 3.8) is 0 Å². The highest BCUT2D eigenvalue weighted by atomic mass is 32.2. The summed E-state index contributed by atoms with van der Waals surface area (Å²) < 4.78 is 39.4. The fraction of sp³-hybridized carbons (Fsp3) is 0.316. The van der Waals surface area contributed by atoms with E-state index in [9.17, 15) is 18.0 Å². The summed E-state index contributed by atoms with van der Waals surface area (Å²) in [5.74, 6) is -0.0788. The maximum atomic E-state index is 13.1. The van der Waals surface area contributed by atoms with E-state index >= 15 is 0 Å². The summed E-state index contributed by atoms with van der Waals surface area (Å²) in [5, 5.41) is 2.74. The second kappa shape index (κ2) is 7.61. The van der Waals surface area contributed by atoms with Crippen LogP contribution in [0.4, 0.5) is 24.5 Å². The number of carbonyl (C=O) groups is 1. The van der Waals surface area contributed by atoms with Gasteiger partial charge in [-0.1, -0.05) is 23.9 Å². The van der Waals surface area contributed by atoms with Gasteiger partial charge >= 0.3 is 6.18 Å². The van der Waals surface area contributed by atoms with Crippen molar-refractivity contribution in [3.05, 3.63) is 48.0 Å². The number of carbonyl (C=O) groups excluding carboxylic acids is 1. The van der Waals surface area contributed by atoms with Gasteiger partial charge in [-0.05, 0) is 43.2 Å². The number of halogens is 3. The van der Waals surface area contributed by atoms with Gasteiger partial charge in [0.25, 0.3) is 0 Å². The first-order valence-electron chi connectivity index (χ1n) is 8.36. The Morgan fingerprint density at radius 2 is 1.81 bits per heavy atom. The molecular formula is C19H19F3N2OS. The lowest BCUT2D eigenvalue weighted by molar-refractivity contribution is -0.137. The number of unbranched alkanes of at least 4 members (excludes halogenated alkanes) is 1. The van der Waals surface area contributed by atoms with Crippen LogP contribution in [0.25, 0.3) is 0 Å². The van der Waals surface area contributed by atoms with E-state index in [4.69, 9.17) is 0 Å². The van der Waals surface area contributed by atoms with E-state index in [1.807, 2.05) is 29.2 Å². The van der Waals surface area contributed by atoms with Gasteiger partial charge in [0.05, 0.1) is 16.9 Å². The number of alkyl halides is 3. The number of anilines is 2. The molecule has 2 aromatic carbocycles. The van der Waals surface area contributed by atoms with Gasteiger partial charge in [0.15, 0.2) is 0 Å². The van der Waals surface area contributed by atoms with Crippen molar-refractivity contribution < 1.29 is 18.0 Å². The van der Waals surface area contributed by atoms with Crippen molar-refractivity contribution >= 4 is 29.0 Å². The summed E-state index contributed by atoms with van der Waals surface area (Å²) in [4.78, 5) is 14.7. The van der Waals surface area contributed by atoms with Crippen LogP contribution in [-0.2, 0) is 11.0 Å². The SMILES string of the molecule is CC(=O)NCCCCN1c2ccccc2Sc2ccc(C(F)(F)F)cc21. The van der Waals surface area contributed by atoms with E-state index < -0.39 is 11.7 Å². The molecule has 0 spiro atoms. The second-order valence-corrected chi connectivity index (χ2v) is 7.18. The van der Waals surface area contributed by atoms with Crippen molar-refractivity contribution in [2.45, 2.75) is 35.7 Å². The first-order valence-corrected chi connectivity index (χ1v) is 9.18. The smallest absolute Gasteiger partial charge is 0.356 e. The third-order valence-electron chi connectivity index (χ3n) is 4.14. The van der Waals surface area contributed by atoms with Crippen LogP contribution in [0.3, 0.4) is 0 Å². The molecule has 0 aromatic heterocycles. The highest BCUT2D eigenvalue weighted by Gasteiger charge is 2.33. The Labute approximate surface area is 154 Å². The van der Waals surface area contributed by atoms with Gasteiger partial charge in [-0.3, -0.25) is 4.79 Å². The molecule has 26 heavy (non-hydrogen) atoms. The number of nitrogens with one attached hydrogen (secondary N) is 1. The maximum Gasteiger partial charge on any atom is 0.416 e. The Morgan fingerprint density at radius 1 is 1.08 bits per heavy atom. The van der Waals surface area contributed by atoms with Crippen LogP contribution in [0.1, 0.15) is 25.3 Å². The summed E-state index contributed by atoms with van der Waals surface area (Å²) in [6.45, 7) is 2.62. The van der Waals surface area contributed by atoms with E-state index in [1.54, 1.807) is 6.07 Å². The van der Waals surface area contributed by atoms with E-state index in [0.29, 0.717) is 18.8 Å². The molecule has 7 heteroatoms. The van der Waals surface area contributed by atoms with Crippen LogP contribution in [0.15, 0.2) is 52.3 Å². The summed E-state index contributed by atoms with van der Waals surface area (Å²) in [5.41, 5.74) is 0.867. The molecule has 0 saturated heterocycles. The van der Waals surface area contributed by atoms with Crippen molar-refractivity contribution in [1.29, 1.82) is 0 Å². The van der Waals surface area contributed by atoms with Crippen molar-refractivity contribution in [3.8, 4) is 0 Å². The number of amides is 1. The Bertz CT molecular complexity index is 808. The minimum Gasteiger partial charge on any atom is -0.356 e. The molecule has 0 radical (unpaired) electrons. The summed E-state index contributed by atoms with van der Waals surface area (Å²) in [6, 6.07) is 11.6. The van der Waals surface area contributed by atoms with Crippen molar-refractivity contribution in [2.75, 3.05) is 18.0 Å². The molecule has 0 unspecified atom stereocenters. The van der Waals surface area contributed by atoms with E-state index in [1.165, 1.54) is 24.8 Å². The lowest BCUT2D eigenvalue weighted by Gasteiger charge is -2.33. The maximum absolute atomic E-state index is 13.1. The van der Waals surface area contributed by atoms with Crippen LogP contribution < -0.4 is 10.2 Å². The largest absolute Gasteiger partial charge is 0.416 e. The number of benzene rings is 2. The highest BCUT2D eigenvalue weighted by molar-refractivity contribution is 7.99. The Balaban J connectivity index is 1.85. The van der Waals surface area contributed by atoms with E-state index in [-0.39, 0.29) is 5.91 Å². The molecule has 1 N–H and O–H groups in total. The average molecular weight is 380 g/mol. The molecule has 0 fully saturated rings. The first-order chi connectivity index (χ1) is 12.4. The van der Waals surface area contributed by atoms with E-state index in [0.717, 1.165) is 34.4 Å².